The van der Waals surface area contributed by atoms with Crippen molar-refractivity contribution in [3.8, 4) is 5.75 Å². The third-order valence-corrected chi connectivity index (χ3v) is 2.22. The van der Waals surface area contributed by atoms with Crippen LogP contribution in [0.25, 0.3) is 0 Å². The quantitative estimate of drug-likeness (QED) is 0.803. The number of quaternary nitrogens is 1. The molecule has 0 saturated carbocycles. The van der Waals surface area contributed by atoms with Crippen molar-refractivity contribution in [2.75, 3.05) is 0 Å². The number of rotatable bonds is 2. The maximum Gasteiger partial charge on any atom is 0.131 e. The minimum Gasteiger partial charge on any atom is -0.628 e. The van der Waals surface area contributed by atoms with Gasteiger partial charge in [-0.15, -0.1) is 0 Å². The monoisotopic (exact) mass is 237 g/mol. The number of nitrogens with one attached hydrogen (secondary N) is 1. The fourth-order valence-electron chi connectivity index (χ4n) is 1.46. The van der Waals surface area contributed by atoms with E-state index in [-0.39, 0.29) is 16.2 Å². The molecule has 0 aliphatic rings. The molecule has 96 valence electrons. The summed E-state index contributed by atoms with van der Waals surface area (Å²) in [6.07, 6.45) is 0. The Balaban J connectivity index is 2.82. The lowest BCUT2D eigenvalue weighted by Gasteiger charge is -2.35. The second-order valence-electron chi connectivity index (χ2n) is 6.32. The number of benzene rings is 1. The lowest BCUT2D eigenvalue weighted by Crippen LogP contribution is -3.10. The summed E-state index contributed by atoms with van der Waals surface area (Å²) in [4.78, 5) is 0. The van der Waals surface area contributed by atoms with E-state index in [0.717, 1.165) is 11.4 Å². The molecule has 0 saturated heterocycles. The van der Waals surface area contributed by atoms with Crippen LogP contribution in [0.4, 0.5) is 5.69 Å². The first-order valence-electron chi connectivity index (χ1n) is 5.93. The van der Waals surface area contributed by atoms with E-state index in [9.17, 15) is 5.21 Å². The van der Waals surface area contributed by atoms with E-state index in [4.69, 9.17) is 4.74 Å². The van der Waals surface area contributed by atoms with Crippen LogP contribution >= 0.6 is 0 Å². The molecule has 1 aromatic carbocycles. The van der Waals surface area contributed by atoms with Gasteiger partial charge >= 0.3 is 0 Å². The lowest BCUT2D eigenvalue weighted by atomic mass is 10.1. The van der Waals surface area contributed by atoms with E-state index in [1.807, 2.05) is 65.8 Å². The van der Waals surface area contributed by atoms with Crippen LogP contribution in [-0.2, 0) is 0 Å². The van der Waals surface area contributed by atoms with Crippen LogP contribution in [-0.4, -0.2) is 11.1 Å². The van der Waals surface area contributed by atoms with Crippen LogP contribution in [0.2, 0.25) is 0 Å². The molecule has 1 atom stereocenters. The molecule has 0 fully saturated rings. The average molecular weight is 237 g/mol. The summed E-state index contributed by atoms with van der Waals surface area (Å²) in [5.74, 6) is 0.794. The molecule has 1 N–H and O–H groups in total. The molecule has 0 heterocycles. The standard InChI is InChI=1S/C14H23NO2/c1-13(2,3)15(16)11-7-9-12(10-8-11)17-14(4,5)6/h7-10,15H,1-6H3. The zero-order valence-corrected chi connectivity index (χ0v) is 11.6. The molecular weight excluding hydrogens is 214 g/mol. The third kappa shape index (κ3) is 4.36. The Bertz CT molecular complexity index is 357. The molecule has 1 aromatic rings. The van der Waals surface area contributed by atoms with Gasteiger partial charge < -0.3 is 15.0 Å². The summed E-state index contributed by atoms with van der Waals surface area (Å²) >= 11 is 0. The molecule has 0 aliphatic carbocycles. The van der Waals surface area contributed by atoms with Crippen LogP contribution < -0.4 is 9.80 Å². The van der Waals surface area contributed by atoms with Gasteiger partial charge in [-0.1, -0.05) is 0 Å². The van der Waals surface area contributed by atoms with Crippen molar-refractivity contribution in [3.63, 3.8) is 0 Å². The molecule has 0 aromatic heterocycles. The van der Waals surface area contributed by atoms with Gasteiger partial charge in [-0.2, -0.15) is 0 Å². The maximum absolute atomic E-state index is 12.0. The first kappa shape index (κ1) is 14.0. The third-order valence-electron chi connectivity index (χ3n) is 2.22. The van der Waals surface area contributed by atoms with Crippen LogP contribution in [0.5, 0.6) is 5.75 Å². The molecule has 0 radical (unpaired) electrons. The Labute approximate surface area is 104 Å². The Morgan fingerprint density at radius 3 is 1.76 bits per heavy atom. The molecule has 17 heavy (non-hydrogen) atoms. The average Bonchev–Trinajstić information content (AvgIpc) is 2.14. The highest BCUT2D eigenvalue weighted by Crippen LogP contribution is 2.19. The van der Waals surface area contributed by atoms with E-state index in [1.54, 1.807) is 0 Å². The smallest absolute Gasteiger partial charge is 0.131 e. The van der Waals surface area contributed by atoms with Crippen LogP contribution in [0.15, 0.2) is 24.3 Å². The fraction of sp³-hybridized carbons (Fsp3) is 0.571. The molecule has 3 nitrogen and oxygen atoms in total. The van der Waals surface area contributed by atoms with Crippen molar-refractivity contribution < 1.29 is 9.80 Å². The normalized spacial score (nSPS) is 14.5. The highest BCUT2D eigenvalue weighted by molar-refractivity contribution is 5.36. The van der Waals surface area contributed by atoms with Gasteiger partial charge in [-0.3, -0.25) is 0 Å². The summed E-state index contributed by atoms with van der Waals surface area (Å²) in [5.41, 5.74) is 0.181. The van der Waals surface area contributed by atoms with Crippen molar-refractivity contribution in [1.29, 1.82) is 0 Å². The fourth-order valence-corrected chi connectivity index (χ4v) is 1.46. The van der Waals surface area contributed by atoms with Crippen molar-refractivity contribution >= 4 is 5.69 Å². The second-order valence-corrected chi connectivity index (χ2v) is 6.32. The van der Waals surface area contributed by atoms with Gasteiger partial charge in [0.1, 0.15) is 17.0 Å². The lowest BCUT2D eigenvalue weighted by molar-refractivity contribution is -0.832. The van der Waals surface area contributed by atoms with E-state index < -0.39 is 0 Å². The van der Waals surface area contributed by atoms with E-state index >= 15 is 0 Å². The molecule has 0 bridgehead atoms. The zero-order valence-electron chi connectivity index (χ0n) is 11.6. The topological polar surface area (TPSA) is 36.7 Å². The van der Waals surface area contributed by atoms with Gasteiger partial charge in [0.05, 0.1) is 5.54 Å². The first-order valence-corrected chi connectivity index (χ1v) is 5.93. The highest BCUT2D eigenvalue weighted by atomic mass is 16.5. The Hall–Kier alpha value is -1.06. The molecule has 1 unspecified atom stereocenters. The van der Waals surface area contributed by atoms with Gasteiger partial charge in [0.25, 0.3) is 0 Å². The predicted molar refractivity (Wildman–Crippen MR) is 70.6 cm³/mol. The largest absolute Gasteiger partial charge is 0.628 e. The van der Waals surface area contributed by atoms with Crippen molar-refractivity contribution in [3.05, 3.63) is 29.5 Å². The summed E-state index contributed by atoms with van der Waals surface area (Å²) in [7, 11) is 0. The number of ether oxygens (including phenoxy) is 1. The molecule has 0 amide bonds. The Morgan fingerprint density at radius 2 is 1.41 bits per heavy atom. The predicted octanol–water partition coefficient (Wildman–Crippen LogP) is 2.68. The minimum atomic E-state index is -0.341. The summed E-state index contributed by atoms with van der Waals surface area (Å²) in [6, 6.07) is 7.36. The van der Waals surface area contributed by atoms with Crippen molar-refractivity contribution in [1.82, 2.24) is 0 Å². The molecular formula is C14H23NO2. The van der Waals surface area contributed by atoms with Crippen molar-refractivity contribution in [2.24, 2.45) is 0 Å². The molecule has 1 rings (SSSR count). The van der Waals surface area contributed by atoms with Gasteiger partial charge in [-0.25, -0.2) is 0 Å². The minimum absolute atomic E-state index is 0.153. The number of hydroxylamine groups is 1. The Morgan fingerprint density at radius 1 is 0.941 bits per heavy atom. The van der Waals surface area contributed by atoms with E-state index in [2.05, 4.69) is 0 Å². The SMILES string of the molecule is CC(C)(C)Oc1ccc([NH+]([O-])C(C)(C)C)cc1. The van der Waals surface area contributed by atoms with Crippen LogP contribution in [0.1, 0.15) is 41.5 Å². The summed E-state index contributed by atoms with van der Waals surface area (Å²) < 4.78 is 5.71. The first-order chi connectivity index (χ1) is 7.59. The maximum atomic E-state index is 12.0. The summed E-state index contributed by atoms with van der Waals surface area (Å²) in [6.45, 7) is 11.8. The second kappa shape index (κ2) is 4.67. The highest BCUT2D eigenvalue weighted by Gasteiger charge is 2.20. The van der Waals surface area contributed by atoms with Gasteiger partial charge in [0.2, 0.25) is 0 Å². The van der Waals surface area contributed by atoms with E-state index in [0.29, 0.717) is 0 Å². The van der Waals surface area contributed by atoms with Gasteiger partial charge in [-0.05, 0) is 53.7 Å². The van der Waals surface area contributed by atoms with E-state index in [1.165, 1.54) is 0 Å². The summed E-state index contributed by atoms with van der Waals surface area (Å²) in [5, 5.41) is 12.2. The molecule has 3 heteroatoms. The molecule has 0 aliphatic heterocycles. The Kier molecular flexibility index (Phi) is 3.84. The van der Waals surface area contributed by atoms with Crippen LogP contribution in [0, 0.1) is 5.21 Å². The van der Waals surface area contributed by atoms with Crippen LogP contribution in [0.3, 0.4) is 0 Å². The number of hydrogen-bond acceptors (Lipinski definition) is 2. The number of hydrogen-bond donors (Lipinski definition) is 1. The van der Waals surface area contributed by atoms with Crippen molar-refractivity contribution in [2.45, 2.75) is 52.7 Å². The zero-order chi connectivity index (χ0) is 13.3. The van der Waals surface area contributed by atoms with Gasteiger partial charge in [0, 0.05) is 12.1 Å². The van der Waals surface area contributed by atoms with Gasteiger partial charge in [0.15, 0.2) is 0 Å². The molecule has 0 spiro atoms.